The van der Waals surface area contributed by atoms with Crippen LogP contribution in [-0.4, -0.2) is 23.2 Å². The minimum atomic E-state index is -0.923. The Bertz CT molecular complexity index is 578. The van der Waals surface area contributed by atoms with Gasteiger partial charge in [-0.05, 0) is 29.8 Å². The number of benzene rings is 2. The number of carboxylic acid groups (broad SMARTS) is 1. The van der Waals surface area contributed by atoms with Gasteiger partial charge in [0.25, 0.3) is 0 Å². The maximum Gasteiger partial charge on any atom is 0.335 e. The second-order valence-corrected chi connectivity index (χ2v) is 4.38. The number of hydrogen-bond acceptors (Lipinski definition) is 3. The van der Waals surface area contributed by atoms with Crippen molar-refractivity contribution in [3.63, 3.8) is 0 Å². The highest BCUT2D eigenvalue weighted by Gasteiger charge is 2.05. The summed E-state index contributed by atoms with van der Waals surface area (Å²) in [5, 5.41) is 18.3. The summed E-state index contributed by atoms with van der Waals surface area (Å²) in [6.45, 7) is 0.642. The zero-order valence-electron chi connectivity index (χ0n) is 10.6. The van der Waals surface area contributed by atoms with Gasteiger partial charge >= 0.3 is 5.97 Å². The third-order valence-corrected chi connectivity index (χ3v) is 2.89. The Balaban J connectivity index is 2.10. The molecule has 19 heavy (non-hydrogen) atoms. The van der Waals surface area contributed by atoms with Crippen LogP contribution in [0.3, 0.4) is 0 Å². The Morgan fingerprint density at radius 2 is 1.84 bits per heavy atom. The molecule has 0 unspecified atom stereocenters. The van der Waals surface area contributed by atoms with Crippen molar-refractivity contribution in [2.45, 2.75) is 6.54 Å². The number of carbonyl (C=O) groups is 1. The highest BCUT2D eigenvalue weighted by atomic mass is 16.4. The first kappa shape index (κ1) is 13.0. The molecule has 0 aliphatic carbocycles. The molecule has 0 amide bonds. The molecule has 4 heteroatoms. The highest BCUT2D eigenvalue weighted by molar-refractivity contribution is 5.87. The van der Waals surface area contributed by atoms with Crippen LogP contribution in [0.4, 0.5) is 5.69 Å². The van der Waals surface area contributed by atoms with E-state index in [9.17, 15) is 9.90 Å². The Morgan fingerprint density at radius 3 is 2.42 bits per heavy atom. The first-order valence-corrected chi connectivity index (χ1v) is 5.88. The smallest absolute Gasteiger partial charge is 0.335 e. The van der Waals surface area contributed by atoms with E-state index in [0.717, 1.165) is 11.3 Å². The third-order valence-electron chi connectivity index (χ3n) is 2.89. The lowest BCUT2D eigenvalue weighted by Crippen LogP contribution is -2.16. The van der Waals surface area contributed by atoms with E-state index in [1.54, 1.807) is 42.5 Å². The van der Waals surface area contributed by atoms with Crippen LogP contribution >= 0.6 is 0 Å². The summed E-state index contributed by atoms with van der Waals surface area (Å²) in [5.74, 6) is -0.696. The Kier molecular flexibility index (Phi) is 3.71. The molecule has 0 radical (unpaired) electrons. The maximum absolute atomic E-state index is 10.8. The molecule has 0 bridgehead atoms. The van der Waals surface area contributed by atoms with E-state index in [-0.39, 0.29) is 11.3 Å². The normalized spacial score (nSPS) is 10.2. The van der Waals surface area contributed by atoms with Gasteiger partial charge in [0.15, 0.2) is 0 Å². The van der Waals surface area contributed by atoms with Crippen molar-refractivity contribution >= 4 is 11.7 Å². The van der Waals surface area contributed by atoms with Gasteiger partial charge in [-0.1, -0.05) is 18.2 Å². The molecule has 0 heterocycles. The number of anilines is 1. The number of carboxylic acids is 1. The average molecular weight is 257 g/mol. The van der Waals surface area contributed by atoms with Crippen LogP contribution in [0.15, 0.2) is 48.5 Å². The average Bonchev–Trinajstić information content (AvgIpc) is 2.39. The van der Waals surface area contributed by atoms with Gasteiger partial charge in [0.1, 0.15) is 5.75 Å². The van der Waals surface area contributed by atoms with E-state index >= 15 is 0 Å². The van der Waals surface area contributed by atoms with E-state index < -0.39 is 5.97 Å². The number of nitrogens with zero attached hydrogens (tertiary/aromatic N) is 1. The van der Waals surface area contributed by atoms with Crippen LogP contribution < -0.4 is 4.90 Å². The van der Waals surface area contributed by atoms with Crippen LogP contribution in [-0.2, 0) is 6.54 Å². The molecular weight excluding hydrogens is 242 g/mol. The minimum absolute atomic E-state index is 0.227. The second kappa shape index (κ2) is 5.44. The van der Waals surface area contributed by atoms with Crippen LogP contribution in [0.5, 0.6) is 5.75 Å². The predicted molar refractivity (Wildman–Crippen MR) is 73.6 cm³/mol. The van der Waals surface area contributed by atoms with Gasteiger partial charge < -0.3 is 15.1 Å². The van der Waals surface area contributed by atoms with Gasteiger partial charge in [0, 0.05) is 25.3 Å². The number of aromatic hydroxyl groups is 1. The summed E-state index contributed by atoms with van der Waals surface area (Å²) in [7, 11) is 1.92. The van der Waals surface area contributed by atoms with Crippen LogP contribution in [0, 0.1) is 0 Å². The number of hydrogen-bond donors (Lipinski definition) is 2. The molecule has 2 aromatic rings. The second-order valence-electron chi connectivity index (χ2n) is 4.38. The molecule has 0 spiro atoms. The lowest BCUT2D eigenvalue weighted by molar-refractivity contribution is 0.0697. The molecule has 0 aliphatic rings. The molecule has 0 aromatic heterocycles. The van der Waals surface area contributed by atoms with Gasteiger partial charge in [-0.2, -0.15) is 0 Å². The molecular formula is C15H15NO3. The minimum Gasteiger partial charge on any atom is -0.508 e. The van der Waals surface area contributed by atoms with Crippen molar-refractivity contribution in [1.29, 1.82) is 0 Å². The fourth-order valence-corrected chi connectivity index (χ4v) is 1.85. The summed E-state index contributed by atoms with van der Waals surface area (Å²) < 4.78 is 0. The lowest BCUT2D eigenvalue weighted by atomic mass is 10.1. The number of aromatic carboxylic acids is 1. The molecule has 0 atom stereocenters. The SMILES string of the molecule is CN(Cc1ccc(C(=O)O)cc1)c1cccc(O)c1. The Hall–Kier alpha value is -2.49. The summed E-state index contributed by atoms with van der Waals surface area (Å²) >= 11 is 0. The van der Waals surface area contributed by atoms with Crippen LogP contribution in [0.25, 0.3) is 0 Å². The molecule has 2 N–H and O–H groups in total. The van der Waals surface area contributed by atoms with Crippen molar-refractivity contribution < 1.29 is 15.0 Å². The third kappa shape index (κ3) is 3.25. The van der Waals surface area contributed by atoms with Gasteiger partial charge in [0.05, 0.1) is 5.56 Å². The zero-order valence-corrected chi connectivity index (χ0v) is 10.6. The van der Waals surface area contributed by atoms with Gasteiger partial charge in [-0.3, -0.25) is 0 Å². The number of rotatable bonds is 4. The first-order valence-electron chi connectivity index (χ1n) is 5.88. The summed E-state index contributed by atoms with van der Waals surface area (Å²) in [6.07, 6.45) is 0. The molecule has 0 fully saturated rings. The van der Waals surface area contributed by atoms with Gasteiger partial charge in [0.2, 0.25) is 0 Å². The zero-order chi connectivity index (χ0) is 13.8. The number of phenolic OH excluding ortho intramolecular Hbond substituents is 1. The quantitative estimate of drug-likeness (QED) is 0.884. The Labute approximate surface area is 111 Å². The van der Waals surface area contributed by atoms with Crippen molar-refractivity contribution in [2.24, 2.45) is 0 Å². The topological polar surface area (TPSA) is 60.8 Å². The lowest BCUT2D eigenvalue weighted by Gasteiger charge is -2.19. The summed E-state index contributed by atoms with van der Waals surface area (Å²) in [5.41, 5.74) is 2.20. The van der Waals surface area contributed by atoms with Crippen molar-refractivity contribution in [2.75, 3.05) is 11.9 Å². The van der Waals surface area contributed by atoms with E-state index in [4.69, 9.17) is 5.11 Å². The number of phenols is 1. The standard InChI is InChI=1S/C15H15NO3/c1-16(13-3-2-4-14(17)9-13)10-11-5-7-12(8-6-11)15(18)19/h2-9,17H,10H2,1H3,(H,18,19). The van der Waals surface area contributed by atoms with E-state index in [1.165, 1.54) is 0 Å². The van der Waals surface area contributed by atoms with Crippen molar-refractivity contribution in [3.05, 3.63) is 59.7 Å². The molecule has 98 valence electrons. The molecule has 2 aromatic carbocycles. The van der Waals surface area contributed by atoms with Gasteiger partial charge in [-0.25, -0.2) is 4.79 Å². The van der Waals surface area contributed by atoms with Crippen LogP contribution in [0.1, 0.15) is 15.9 Å². The fraction of sp³-hybridized carbons (Fsp3) is 0.133. The van der Waals surface area contributed by atoms with Crippen LogP contribution in [0.2, 0.25) is 0 Å². The van der Waals surface area contributed by atoms with E-state index in [0.29, 0.717) is 6.54 Å². The summed E-state index contributed by atoms with van der Waals surface area (Å²) in [6, 6.07) is 13.8. The first-order chi connectivity index (χ1) is 9.06. The van der Waals surface area contributed by atoms with Crippen molar-refractivity contribution in [1.82, 2.24) is 0 Å². The Morgan fingerprint density at radius 1 is 1.16 bits per heavy atom. The van der Waals surface area contributed by atoms with Crippen molar-refractivity contribution in [3.8, 4) is 5.75 Å². The van der Waals surface area contributed by atoms with Gasteiger partial charge in [-0.15, -0.1) is 0 Å². The predicted octanol–water partition coefficient (Wildman–Crippen LogP) is 2.73. The van der Waals surface area contributed by atoms with E-state index in [2.05, 4.69) is 0 Å². The fourth-order valence-electron chi connectivity index (χ4n) is 1.85. The summed E-state index contributed by atoms with van der Waals surface area (Å²) in [4.78, 5) is 12.7. The molecule has 0 saturated heterocycles. The maximum atomic E-state index is 10.8. The monoisotopic (exact) mass is 257 g/mol. The molecule has 4 nitrogen and oxygen atoms in total. The van der Waals surface area contributed by atoms with E-state index in [1.807, 2.05) is 18.0 Å². The molecule has 0 saturated carbocycles. The largest absolute Gasteiger partial charge is 0.508 e. The molecule has 2 rings (SSSR count). The molecule has 0 aliphatic heterocycles. The highest BCUT2D eigenvalue weighted by Crippen LogP contribution is 2.20.